The molecular weight excluding hydrogens is 342 g/mol. The number of methoxy groups -OCH3 is 1. The van der Waals surface area contributed by atoms with Crippen LogP contribution < -0.4 is 4.74 Å². The van der Waals surface area contributed by atoms with Crippen LogP contribution in [0.5, 0.6) is 5.75 Å². The van der Waals surface area contributed by atoms with Gasteiger partial charge in [-0.05, 0) is 32.0 Å². The first-order chi connectivity index (χ1) is 13.1. The van der Waals surface area contributed by atoms with Crippen LogP contribution >= 0.6 is 0 Å². The molecule has 0 radical (unpaired) electrons. The number of hydrogen-bond donors (Lipinski definition) is 0. The minimum absolute atomic E-state index is 0.0858. The van der Waals surface area contributed by atoms with Gasteiger partial charge in [-0.15, -0.1) is 0 Å². The zero-order valence-corrected chi connectivity index (χ0v) is 16.7. The first-order valence-corrected chi connectivity index (χ1v) is 10.0. The van der Waals surface area contributed by atoms with Crippen molar-refractivity contribution in [3.63, 3.8) is 0 Å². The van der Waals surface area contributed by atoms with Crippen LogP contribution in [0.3, 0.4) is 0 Å². The molecule has 3 rings (SSSR count). The highest BCUT2D eigenvalue weighted by Gasteiger charge is 2.42. The molecule has 1 amide bonds. The van der Waals surface area contributed by atoms with Crippen molar-refractivity contribution >= 4 is 5.91 Å². The fraction of sp³-hybridized carbons (Fsp3) is 0.667. The molecule has 2 aliphatic rings. The molecule has 6 heteroatoms. The Hall–Kier alpha value is -1.63. The van der Waals surface area contributed by atoms with Crippen molar-refractivity contribution < 1.29 is 14.3 Å². The van der Waals surface area contributed by atoms with Gasteiger partial charge in [-0.3, -0.25) is 14.6 Å². The summed E-state index contributed by atoms with van der Waals surface area (Å²) in [6.07, 6.45) is 2.58. The smallest absolute Gasteiger partial charge is 0.222 e. The second-order valence-corrected chi connectivity index (χ2v) is 7.71. The summed E-state index contributed by atoms with van der Waals surface area (Å²) >= 11 is 0. The Morgan fingerprint density at radius 1 is 1.04 bits per heavy atom. The van der Waals surface area contributed by atoms with E-state index in [1.54, 1.807) is 7.11 Å². The lowest BCUT2D eigenvalue weighted by Crippen LogP contribution is -2.61. The third-order valence-electron chi connectivity index (χ3n) is 6.07. The Morgan fingerprint density at radius 3 is 2.63 bits per heavy atom. The highest BCUT2D eigenvalue weighted by atomic mass is 16.5. The van der Waals surface area contributed by atoms with Crippen LogP contribution in [0, 0.1) is 0 Å². The Labute approximate surface area is 163 Å². The molecule has 0 unspecified atom stereocenters. The van der Waals surface area contributed by atoms with Crippen molar-refractivity contribution in [1.82, 2.24) is 14.7 Å². The Kier molecular flexibility index (Phi) is 7.10. The second-order valence-electron chi connectivity index (χ2n) is 7.71. The molecule has 2 heterocycles. The fourth-order valence-corrected chi connectivity index (χ4v) is 4.21. The monoisotopic (exact) mass is 375 g/mol. The summed E-state index contributed by atoms with van der Waals surface area (Å²) in [5.41, 5.74) is 0.0858. The van der Waals surface area contributed by atoms with Crippen LogP contribution in [-0.4, -0.2) is 92.8 Å². The predicted octanol–water partition coefficient (Wildman–Crippen LogP) is 1.71. The van der Waals surface area contributed by atoms with Crippen molar-refractivity contribution in [2.75, 3.05) is 66.6 Å². The van der Waals surface area contributed by atoms with Crippen molar-refractivity contribution in [3.05, 3.63) is 30.3 Å². The molecule has 2 fully saturated rings. The number of para-hydroxylation sites is 1. The zero-order valence-electron chi connectivity index (χ0n) is 16.7. The Bertz CT molecular complexity index is 598. The molecule has 1 aromatic carbocycles. The average molecular weight is 376 g/mol. The molecule has 0 aliphatic carbocycles. The normalized spacial score (nSPS) is 25.0. The number of hydrogen-bond acceptors (Lipinski definition) is 5. The predicted molar refractivity (Wildman–Crippen MR) is 106 cm³/mol. The number of likely N-dealkylation sites (tertiary alicyclic amines) is 1. The summed E-state index contributed by atoms with van der Waals surface area (Å²) in [5, 5.41) is 0. The van der Waals surface area contributed by atoms with Crippen LogP contribution in [0.4, 0.5) is 0 Å². The molecule has 1 aromatic rings. The Morgan fingerprint density at radius 2 is 1.85 bits per heavy atom. The zero-order chi connectivity index (χ0) is 19.1. The molecule has 2 aliphatic heterocycles. The number of carbonyl (C=O) groups excluding carboxylic acids is 1. The highest BCUT2D eigenvalue weighted by molar-refractivity contribution is 5.76. The summed E-state index contributed by atoms with van der Waals surface area (Å²) < 4.78 is 11.0. The van der Waals surface area contributed by atoms with Crippen molar-refractivity contribution in [2.45, 2.75) is 24.8 Å². The SMILES string of the molecule is COCCN1CC[C@]2(CCC1=O)CN(CCOc1ccccc1)CCN2C. The van der Waals surface area contributed by atoms with E-state index in [1.165, 1.54) is 0 Å². The molecule has 6 nitrogen and oxygen atoms in total. The van der Waals surface area contributed by atoms with Crippen LogP contribution in [0.15, 0.2) is 30.3 Å². The minimum atomic E-state index is 0.0858. The quantitative estimate of drug-likeness (QED) is 0.726. The molecule has 0 bridgehead atoms. The third kappa shape index (κ3) is 5.21. The highest BCUT2D eigenvalue weighted by Crippen LogP contribution is 2.32. The first-order valence-electron chi connectivity index (χ1n) is 10.0. The van der Waals surface area contributed by atoms with Gasteiger partial charge in [0.25, 0.3) is 0 Å². The van der Waals surface area contributed by atoms with E-state index < -0.39 is 0 Å². The third-order valence-corrected chi connectivity index (χ3v) is 6.07. The summed E-state index contributed by atoms with van der Waals surface area (Å²) in [4.78, 5) is 19.4. The number of carbonyl (C=O) groups is 1. The Balaban J connectivity index is 1.55. The fourth-order valence-electron chi connectivity index (χ4n) is 4.21. The number of rotatable bonds is 7. The van der Waals surface area contributed by atoms with Gasteiger partial charge in [-0.1, -0.05) is 18.2 Å². The van der Waals surface area contributed by atoms with E-state index in [0.29, 0.717) is 26.2 Å². The van der Waals surface area contributed by atoms with Gasteiger partial charge in [0, 0.05) is 58.3 Å². The van der Waals surface area contributed by atoms with Gasteiger partial charge in [0.05, 0.1) is 6.61 Å². The van der Waals surface area contributed by atoms with Crippen LogP contribution in [0.25, 0.3) is 0 Å². The lowest BCUT2D eigenvalue weighted by atomic mass is 9.86. The van der Waals surface area contributed by atoms with E-state index in [9.17, 15) is 4.79 Å². The number of piperazine rings is 1. The summed E-state index contributed by atoms with van der Waals surface area (Å²) in [7, 11) is 3.90. The number of ether oxygens (including phenoxy) is 2. The van der Waals surface area contributed by atoms with E-state index in [4.69, 9.17) is 9.47 Å². The molecule has 1 spiro atoms. The van der Waals surface area contributed by atoms with Gasteiger partial charge in [-0.25, -0.2) is 0 Å². The largest absolute Gasteiger partial charge is 0.492 e. The molecule has 0 aromatic heterocycles. The lowest BCUT2D eigenvalue weighted by Gasteiger charge is -2.49. The van der Waals surface area contributed by atoms with Crippen molar-refractivity contribution in [1.29, 1.82) is 0 Å². The summed E-state index contributed by atoms with van der Waals surface area (Å²) in [6.45, 7) is 6.85. The van der Waals surface area contributed by atoms with E-state index in [1.807, 2.05) is 35.2 Å². The number of nitrogens with zero attached hydrogens (tertiary/aromatic N) is 3. The van der Waals surface area contributed by atoms with E-state index in [-0.39, 0.29) is 11.4 Å². The van der Waals surface area contributed by atoms with Gasteiger partial charge >= 0.3 is 0 Å². The van der Waals surface area contributed by atoms with Crippen molar-refractivity contribution in [2.24, 2.45) is 0 Å². The van der Waals surface area contributed by atoms with Gasteiger partial charge in [0.15, 0.2) is 0 Å². The molecule has 150 valence electrons. The maximum atomic E-state index is 12.5. The van der Waals surface area contributed by atoms with Gasteiger partial charge in [0.1, 0.15) is 12.4 Å². The average Bonchev–Trinajstić information content (AvgIpc) is 2.84. The second kappa shape index (κ2) is 9.53. The summed E-state index contributed by atoms with van der Waals surface area (Å²) in [5.74, 6) is 1.19. The van der Waals surface area contributed by atoms with Crippen LogP contribution in [-0.2, 0) is 9.53 Å². The molecule has 0 N–H and O–H groups in total. The van der Waals surface area contributed by atoms with E-state index in [0.717, 1.165) is 51.3 Å². The van der Waals surface area contributed by atoms with Crippen LogP contribution in [0.2, 0.25) is 0 Å². The van der Waals surface area contributed by atoms with E-state index in [2.05, 4.69) is 16.8 Å². The number of benzene rings is 1. The molecule has 0 saturated carbocycles. The molecular formula is C21H33N3O3. The van der Waals surface area contributed by atoms with Crippen LogP contribution in [0.1, 0.15) is 19.3 Å². The maximum Gasteiger partial charge on any atom is 0.222 e. The first kappa shape index (κ1) is 20.1. The summed E-state index contributed by atoms with van der Waals surface area (Å²) in [6, 6.07) is 9.99. The standard InChI is InChI=1S/C21H33N3O3/c1-22-12-13-23(14-17-27-19-6-4-3-5-7-19)18-21(22)9-8-20(25)24(11-10-21)15-16-26-2/h3-7H,8-18H2,1-2H3/t21-/m1/s1. The number of likely N-dealkylation sites (N-methyl/N-ethyl adjacent to an activating group) is 1. The molecule has 1 atom stereocenters. The van der Waals surface area contributed by atoms with Gasteiger partial charge < -0.3 is 14.4 Å². The maximum absolute atomic E-state index is 12.5. The van der Waals surface area contributed by atoms with Crippen molar-refractivity contribution in [3.8, 4) is 5.75 Å². The van der Waals surface area contributed by atoms with E-state index >= 15 is 0 Å². The lowest BCUT2D eigenvalue weighted by molar-refractivity contribution is -0.131. The molecule has 27 heavy (non-hydrogen) atoms. The minimum Gasteiger partial charge on any atom is -0.492 e. The van der Waals surface area contributed by atoms with Gasteiger partial charge in [-0.2, -0.15) is 0 Å². The molecule has 2 saturated heterocycles. The number of amides is 1. The van der Waals surface area contributed by atoms with Gasteiger partial charge in [0.2, 0.25) is 5.91 Å². The topological polar surface area (TPSA) is 45.3 Å².